The molecule has 7 nitrogen and oxygen atoms in total. The second kappa shape index (κ2) is 4.85. The number of nitrogens with zero attached hydrogens (tertiary/aromatic N) is 4. The lowest BCUT2D eigenvalue weighted by atomic mass is 9.91. The van der Waals surface area contributed by atoms with Gasteiger partial charge in [-0.15, -0.1) is 5.10 Å². The lowest BCUT2D eigenvalue weighted by Gasteiger charge is -2.28. The largest absolute Gasteiger partial charge is 0.345 e. The van der Waals surface area contributed by atoms with Crippen LogP contribution in [0.15, 0.2) is 24.3 Å². The molecular weight excluding hydrogens is 288 g/mol. The molecule has 8 heteroatoms. The third-order valence-electron chi connectivity index (χ3n) is 3.31. The van der Waals surface area contributed by atoms with E-state index < -0.39 is 17.9 Å². The monoisotopic (exact) mass is 296 g/mol. The minimum absolute atomic E-state index is 0.154. The number of nitriles is 2. The number of benzene rings is 1. The summed E-state index contributed by atoms with van der Waals surface area (Å²) in [6, 6.07) is 10.2. The Bertz CT molecular complexity index is 851. The maximum absolute atomic E-state index is 12.4. The Morgan fingerprint density at radius 2 is 2.00 bits per heavy atom. The molecular formula is C13H8N6OS. The fourth-order valence-corrected chi connectivity index (χ4v) is 2.49. The van der Waals surface area contributed by atoms with Crippen molar-refractivity contribution in [2.24, 2.45) is 5.92 Å². The molecule has 2 unspecified atom stereocenters. The molecule has 21 heavy (non-hydrogen) atoms. The number of hydrogen-bond donors (Lipinski definition) is 2. The summed E-state index contributed by atoms with van der Waals surface area (Å²) in [5, 5.41) is 27.6. The summed E-state index contributed by atoms with van der Waals surface area (Å²) in [5.74, 6) is -1.06. The highest BCUT2D eigenvalue weighted by Crippen LogP contribution is 2.32. The van der Waals surface area contributed by atoms with Crippen molar-refractivity contribution in [1.82, 2.24) is 14.8 Å². The van der Waals surface area contributed by atoms with Crippen molar-refractivity contribution in [2.75, 3.05) is 5.32 Å². The van der Waals surface area contributed by atoms with Crippen LogP contribution in [0.1, 0.15) is 22.0 Å². The average molecular weight is 296 g/mol. The molecule has 2 N–H and O–H groups in total. The summed E-state index contributed by atoms with van der Waals surface area (Å²) in [7, 11) is 0. The standard InChI is InChI=1S/C13H8N6OS/c14-5-7-1-3-8(4-2-7)10-9(6-15)11(20)19-12(16-10)17-18-13(19)21/h1-4,9-10H,(H,16,17)(H,18,21). The van der Waals surface area contributed by atoms with Crippen molar-refractivity contribution in [3.63, 3.8) is 0 Å². The van der Waals surface area contributed by atoms with E-state index in [0.29, 0.717) is 5.56 Å². The van der Waals surface area contributed by atoms with Gasteiger partial charge in [0.15, 0.2) is 5.92 Å². The first-order valence-electron chi connectivity index (χ1n) is 6.03. The predicted octanol–water partition coefficient (Wildman–Crippen LogP) is 1.76. The van der Waals surface area contributed by atoms with Gasteiger partial charge in [-0.1, -0.05) is 12.1 Å². The van der Waals surface area contributed by atoms with Crippen LogP contribution < -0.4 is 5.32 Å². The summed E-state index contributed by atoms with van der Waals surface area (Å²) in [5.41, 5.74) is 1.24. The normalized spacial score (nSPS) is 20.0. The van der Waals surface area contributed by atoms with Gasteiger partial charge in [-0.3, -0.25) is 4.79 Å². The smallest absolute Gasteiger partial charge is 0.255 e. The number of anilines is 1. The molecule has 3 rings (SSSR count). The van der Waals surface area contributed by atoms with Crippen LogP contribution in [-0.4, -0.2) is 20.7 Å². The maximum atomic E-state index is 12.4. The fraction of sp³-hybridized carbons (Fsp3) is 0.154. The number of fused-ring (bicyclic) bond motifs is 1. The van der Waals surface area contributed by atoms with Crippen molar-refractivity contribution < 1.29 is 4.79 Å². The summed E-state index contributed by atoms with van der Waals surface area (Å²) < 4.78 is 1.34. The molecule has 0 radical (unpaired) electrons. The van der Waals surface area contributed by atoms with E-state index >= 15 is 0 Å². The van der Waals surface area contributed by atoms with E-state index in [-0.39, 0.29) is 10.7 Å². The van der Waals surface area contributed by atoms with E-state index in [9.17, 15) is 10.1 Å². The van der Waals surface area contributed by atoms with Crippen molar-refractivity contribution in [3.05, 3.63) is 40.2 Å². The SMILES string of the molecule is N#Cc1ccc(C2Nc3n[nH]c(=S)n3C(=O)C2C#N)cc1. The van der Waals surface area contributed by atoms with Crippen LogP contribution in [-0.2, 0) is 0 Å². The number of rotatable bonds is 1. The van der Waals surface area contributed by atoms with E-state index in [1.165, 1.54) is 4.57 Å². The highest BCUT2D eigenvalue weighted by molar-refractivity contribution is 7.71. The molecule has 0 spiro atoms. The van der Waals surface area contributed by atoms with Crippen LogP contribution in [0.3, 0.4) is 0 Å². The first-order chi connectivity index (χ1) is 10.2. The third-order valence-corrected chi connectivity index (χ3v) is 3.59. The van der Waals surface area contributed by atoms with E-state index in [0.717, 1.165) is 5.56 Å². The van der Waals surface area contributed by atoms with Gasteiger partial charge in [-0.05, 0) is 29.9 Å². The van der Waals surface area contributed by atoms with Crippen LogP contribution in [0, 0.1) is 33.4 Å². The Morgan fingerprint density at radius 1 is 1.29 bits per heavy atom. The number of aromatic amines is 1. The Balaban J connectivity index is 2.07. The Kier molecular flexibility index (Phi) is 3.01. The van der Waals surface area contributed by atoms with Gasteiger partial charge in [0.25, 0.3) is 5.91 Å². The second-order valence-corrected chi connectivity index (χ2v) is 4.88. The minimum Gasteiger partial charge on any atom is -0.345 e. The topological polar surface area (TPSA) is 110 Å². The molecule has 0 aliphatic carbocycles. The van der Waals surface area contributed by atoms with Crippen LogP contribution in [0.25, 0.3) is 0 Å². The number of aromatic nitrogens is 3. The number of carbonyl (C=O) groups is 1. The minimum atomic E-state index is -0.922. The summed E-state index contributed by atoms with van der Waals surface area (Å²) in [6.45, 7) is 0. The Labute approximate surface area is 124 Å². The van der Waals surface area contributed by atoms with Gasteiger partial charge in [-0.25, -0.2) is 9.67 Å². The molecule has 1 aromatic heterocycles. The van der Waals surface area contributed by atoms with Gasteiger partial charge in [0, 0.05) is 0 Å². The van der Waals surface area contributed by atoms with E-state index in [4.69, 9.17) is 17.5 Å². The zero-order chi connectivity index (χ0) is 15.0. The van der Waals surface area contributed by atoms with Gasteiger partial charge < -0.3 is 5.32 Å². The molecule has 2 heterocycles. The van der Waals surface area contributed by atoms with Crippen molar-refractivity contribution in [3.8, 4) is 12.1 Å². The van der Waals surface area contributed by atoms with E-state index in [2.05, 4.69) is 15.5 Å². The Morgan fingerprint density at radius 3 is 2.62 bits per heavy atom. The first-order valence-corrected chi connectivity index (χ1v) is 6.44. The van der Waals surface area contributed by atoms with Crippen LogP contribution in [0.4, 0.5) is 5.95 Å². The average Bonchev–Trinajstić information content (AvgIpc) is 2.89. The van der Waals surface area contributed by atoms with Crippen molar-refractivity contribution >= 4 is 24.1 Å². The van der Waals surface area contributed by atoms with E-state index in [1.807, 2.05) is 12.1 Å². The number of nitrogens with one attached hydrogen (secondary N) is 2. The van der Waals surface area contributed by atoms with Gasteiger partial charge in [0.05, 0.1) is 23.7 Å². The van der Waals surface area contributed by atoms with Crippen molar-refractivity contribution in [1.29, 1.82) is 10.5 Å². The summed E-state index contributed by atoms with van der Waals surface area (Å²) in [6.07, 6.45) is 0. The number of carbonyl (C=O) groups excluding carboxylic acids is 1. The lowest BCUT2D eigenvalue weighted by Crippen LogP contribution is -2.37. The third kappa shape index (κ3) is 1.98. The molecule has 1 aliphatic heterocycles. The molecule has 0 saturated heterocycles. The van der Waals surface area contributed by atoms with Crippen LogP contribution >= 0.6 is 12.2 Å². The molecule has 2 atom stereocenters. The van der Waals surface area contributed by atoms with Gasteiger partial charge in [-0.2, -0.15) is 10.5 Å². The zero-order valence-electron chi connectivity index (χ0n) is 10.6. The predicted molar refractivity (Wildman–Crippen MR) is 74.7 cm³/mol. The molecule has 102 valence electrons. The summed E-state index contributed by atoms with van der Waals surface area (Å²) >= 11 is 4.98. The van der Waals surface area contributed by atoms with Gasteiger partial charge >= 0.3 is 0 Å². The molecule has 2 aromatic rings. The van der Waals surface area contributed by atoms with Gasteiger partial charge in [0.1, 0.15) is 0 Å². The first kappa shape index (κ1) is 13.0. The Hall–Kier alpha value is -2.97. The molecule has 0 saturated carbocycles. The lowest BCUT2D eigenvalue weighted by molar-refractivity contribution is 0.0842. The molecule has 0 bridgehead atoms. The molecule has 1 aromatic carbocycles. The molecule has 0 fully saturated rings. The fourth-order valence-electron chi connectivity index (χ4n) is 2.27. The quantitative estimate of drug-likeness (QED) is 0.776. The van der Waals surface area contributed by atoms with Crippen molar-refractivity contribution in [2.45, 2.75) is 6.04 Å². The summed E-state index contributed by atoms with van der Waals surface area (Å²) in [4.78, 5) is 12.4. The highest BCUT2D eigenvalue weighted by atomic mass is 32.1. The number of H-pyrrole nitrogens is 1. The zero-order valence-corrected chi connectivity index (χ0v) is 11.4. The number of hydrogen-bond acceptors (Lipinski definition) is 6. The molecule has 1 aliphatic rings. The maximum Gasteiger partial charge on any atom is 0.255 e. The second-order valence-electron chi connectivity index (χ2n) is 4.49. The van der Waals surface area contributed by atoms with Gasteiger partial charge in [0.2, 0.25) is 10.7 Å². The van der Waals surface area contributed by atoms with E-state index in [1.54, 1.807) is 24.3 Å². The van der Waals surface area contributed by atoms with Crippen LogP contribution in [0.5, 0.6) is 0 Å². The van der Waals surface area contributed by atoms with Crippen LogP contribution in [0.2, 0.25) is 0 Å². The molecule has 0 amide bonds. The highest BCUT2D eigenvalue weighted by Gasteiger charge is 2.37.